The Morgan fingerprint density at radius 1 is 1.60 bits per heavy atom. The molecule has 2 rings (SSSR count). The molecule has 0 aliphatic heterocycles. The third kappa shape index (κ3) is 4.01. The topological polar surface area (TPSA) is 51.2 Å². The number of nitrogens with zero attached hydrogens (tertiary/aromatic N) is 1. The van der Waals surface area contributed by atoms with Crippen molar-refractivity contribution >= 4 is 33.2 Å². The van der Waals surface area contributed by atoms with Crippen molar-refractivity contribution < 1.29 is 13.9 Å². The molecule has 0 bridgehead atoms. The Bertz CT molecular complexity index is 592. The lowest BCUT2D eigenvalue weighted by atomic mass is 10.3. The second kappa shape index (κ2) is 6.81. The van der Waals surface area contributed by atoms with Crippen LogP contribution in [0.2, 0.25) is 0 Å². The molecule has 1 heterocycles. The van der Waals surface area contributed by atoms with Gasteiger partial charge in [-0.15, -0.1) is 11.3 Å². The first kappa shape index (κ1) is 14.9. The van der Waals surface area contributed by atoms with E-state index in [1.807, 2.05) is 5.38 Å². The molecule has 0 saturated heterocycles. The standard InChI is InChI=1S/C13H12BrFN2O2S/c1-8(13(18)17-7-12-16-4-5-20-12)19-11-3-2-9(15)6-10(11)14/h2-6,8H,7H2,1H3,(H,17,18). The highest BCUT2D eigenvalue weighted by molar-refractivity contribution is 9.10. The van der Waals surface area contributed by atoms with Crippen LogP contribution in [0.4, 0.5) is 4.39 Å². The number of benzene rings is 1. The van der Waals surface area contributed by atoms with E-state index in [0.717, 1.165) is 5.01 Å². The minimum atomic E-state index is -0.684. The number of hydrogen-bond donors (Lipinski definition) is 1. The lowest BCUT2D eigenvalue weighted by Crippen LogP contribution is -2.35. The van der Waals surface area contributed by atoms with Crippen LogP contribution in [0.5, 0.6) is 5.75 Å². The van der Waals surface area contributed by atoms with Crippen LogP contribution in [-0.2, 0) is 11.3 Å². The smallest absolute Gasteiger partial charge is 0.261 e. The van der Waals surface area contributed by atoms with E-state index in [-0.39, 0.29) is 11.7 Å². The normalized spacial score (nSPS) is 11.9. The summed E-state index contributed by atoms with van der Waals surface area (Å²) >= 11 is 4.66. The molecule has 106 valence electrons. The summed E-state index contributed by atoms with van der Waals surface area (Å²) in [6.07, 6.45) is 0.999. The molecule has 0 spiro atoms. The van der Waals surface area contributed by atoms with Crippen LogP contribution < -0.4 is 10.1 Å². The molecule has 0 saturated carbocycles. The van der Waals surface area contributed by atoms with E-state index < -0.39 is 6.10 Å². The van der Waals surface area contributed by atoms with Crippen molar-refractivity contribution in [3.8, 4) is 5.75 Å². The quantitative estimate of drug-likeness (QED) is 0.893. The van der Waals surface area contributed by atoms with Crippen molar-refractivity contribution in [2.45, 2.75) is 19.6 Å². The highest BCUT2D eigenvalue weighted by atomic mass is 79.9. The van der Waals surface area contributed by atoms with Gasteiger partial charge in [0.25, 0.3) is 5.91 Å². The van der Waals surface area contributed by atoms with E-state index >= 15 is 0 Å². The van der Waals surface area contributed by atoms with Crippen LogP contribution in [0, 0.1) is 5.82 Å². The van der Waals surface area contributed by atoms with Gasteiger partial charge in [-0.1, -0.05) is 0 Å². The van der Waals surface area contributed by atoms with Crippen molar-refractivity contribution in [1.29, 1.82) is 0 Å². The van der Waals surface area contributed by atoms with Crippen LogP contribution in [0.3, 0.4) is 0 Å². The largest absolute Gasteiger partial charge is 0.480 e. The van der Waals surface area contributed by atoms with Gasteiger partial charge in [-0.2, -0.15) is 0 Å². The predicted octanol–water partition coefficient (Wildman–Crippen LogP) is 3.13. The molecule has 1 aromatic carbocycles. The van der Waals surface area contributed by atoms with Crippen molar-refractivity contribution in [2.75, 3.05) is 0 Å². The molecule has 20 heavy (non-hydrogen) atoms. The van der Waals surface area contributed by atoms with Crippen LogP contribution in [0.15, 0.2) is 34.2 Å². The van der Waals surface area contributed by atoms with Gasteiger partial charge in [0.15, 0.2) is 6.10 Å². The molecule has 0 radical (unpaired) electrons. The van der Waals surface area contributed by atoms with Crippen LogP contribution in [0.1, 0.15) is 11.9 Å². The summed E-state index contributed by atoms with van der Waals surface area (Å²) in [5, 5.41) is 5.40. The van der Waals surface area contributed by atoms with E-state index in [1.165, 1.54) is 29.5 Å². The zero-order valence-corrected chi connectivity index (χ0v) is 13.0. The molecule has 2 aromatic rings. The van der Waals surface area contributed by atoms with Gasteiger partial charge < -0.3 is 10.1 Å². The van der Waals surface area contributed by atoms with Gasteiger partial charge in [0.1, 0.15) is 16.6 Å². The summed E-state index contributed by atoms with van der Waals surface area (Å²) in [5.74, 6) is -0.204. The summed E-state index contributed by atoms with van der Waals surface area (Å²) in [7, 11) is 0. The van der Waals surface area contributed by atoms with Gasteiger partial charge in [0.05, 0.1) is 11.0 Å². The van der Waals surface area contributed by atoms with Crippen LogP contribution >= 0.6 is 27.3 Å². The van der Waals surface area contributed by atoms with Crippen LogP contribution in [0.25, 0.3) is 0 Å². The number of nitrogens with one attached hydrogen (secondary N) is 1. The Morgan fingerprint density at radius 3 is 3.05 bits per heavy atom. The minimum absolute atomic E-state index is 0.253. The average molecular weight is 359 g/mol. The van der Waals surface area contributed by atoms with Gasteiger partial charge in [0, 0.05) is 11.6 Å². The minimum Gasteiger partial charge on any atom is -0.480 e. The molecular weight excluding hydrogens is 347 g/mol. The maximum atomic E-state index is 13.0. The van der Waals surface area contributed by atoms with E-state index in [4.69, 9.17) is 4.74 Å². The highest BCUT2D eigenvalue weighted by Crippen LogP contribution is 2.26. The number of carbonyl (C=O) groups is 1. The Kier molecular flexibility index (Phi) is 5.08. The maximum Gasteiger partial charge on any atom is 0.261 e. The lowest BCUT2D eigenvalue weighted by molar-refractivity contribution is -0.127. The molecule has 4 nitrogen and oxygen atoms in total. The Morgan fingerprint density at radius 2 is 2.40 bits per heavy atom. The summed E-state index contributed by atoms with van der Waals surface area (Å²) in [6.45, 7) is 2.00. The number of halogens is 2. The van der Waals surface area contributed by atoms with Crippen molar-refractivity contribution in [3.63, 3.8) is 0 Å². The van der Waals surface area contributed by atoms with E-state index in [2.05, 4.69) is 26.2 Å². The number of ether oxygens (including phenoxy) is 1. The summed E-state index contributed by atoms with van der Waals surface area (Å²) in [4.78, 5) is 15.9. The van der Waals surface area contributed by atoms with Gasteiger partial charge in [-0.3, -0.25) is 4.79 Å². The number of amides is 1. The average Bonchev–Trinajstić information content (AvgIpc) is 2.92. The van der Waals surface area contributed by atoms with E-state index in [0.29, 0.717) is 16.8 Å². The Hall–Kier alpha value is -1.47. The Balaban J connectivity index is 1.90. The van der Waals surface area contributed by atoms with Gasteiger partial charge in [0.2, 0.25) is 0 Å². The fourth-order valence-corrected chi connectivity index (χ4v) is 2.46. The molecule has 1 unspecified atom stereocenters. The number of rotatable bonds is 5. The highest BCUT2D eigenvalue weighted by Gasteiger charge is 2.16. The number of carbonyl (C=O) groups excluding carboxylic acids is 1. The zero-order valence-electron chi connectivity index (χ0n) is 10.6. The third-order valence-corrected chi connectivity index (χ3v) is 3.86. The van der Waals surface area contributed by atoms with Crippen molar-refractivity contribution in [2.24, 2.45) is 0 Å². The second-order valence-electron chi connectivity index (χ2n) is 3.98. The van der Waals surface area contributed by atoms with Gasteiger partial charge >= 0.3 is 0 Å². The first-order valence-electron chi connectivity index (χ1n) is 5.84. The maximum absolute atomic E-state index is 13.0. The SMILES string of the molecule is CC(Oc1ccc(F)cc1Br)C(=O)NCc1nccs1. The molecule has 1 aromatic heterocycles. The fraction of sp³-hybridized carbons (Fsp3) is 0.231. The summed E-state index contributed by atoms with van der Waals surface area (Å²) in [6, 6.07) is 4.04. The molecule has 0 aliphatic rings. The second-order valence-corrected chi connectivity index (χ2v) is 5.81. The van der Waals surface area contributed by atoms with Crippen molar-refractivity contribution in [3.05, 3.63) is 45.1 Å². The number of hydrogen-bond acceptors (Lipinski definition) is 4. The monoisotopic (exact) mass is 358 g/mol. The van der Waals surface area contributed by atoms with E-state index in [1.54, 1.807) is 13.1 Å². The molecule has 0 fully saturated rings. The van der Waals surface area contributed by atoms with Crippen LogP contribution in [-0.4, -0.2) is 17.0 Å². The number of aromatic nitrogens is 1. The molecule has 0 aliphatic carbocycles. The predicted molar refractivity (Wildman–Crippen MR) is 78.2 cm³/mol. The summed E-state index contributed by atoms with van der Waals surface area (Å²) < 4.78 is 18.9. The number of thiazole rings is 1. The molecule has 1 amide bonds. The molecule has 7 heteroatoms. The first-order valence-corrected chi connectivity index (χ1v) is 7.51. The molecule has 1 atom stereocenters. The van der Waals surface area contributed by atoms with E-state index in [9.17, 15) is 9.18 Å². The Labute approximate surface area is 128 Å². The lowest BCUT2D eigenvalue weighted by Gasteiger charge is -2.15. The van der Waals surface area contributed by atoms with Gasteiger partial charge in [-0.25, -0.2) is 9.37 Å². The van der Waals surface area contributed by atoms with Gasteiger partial charge in [-0.05, 0) is 41.1 Å². The van der Waals surface area contributed by atoms with Crippen molar-refractivity contribution in [1.82, 2.24) is 10.3 Å². The molecule has 1 N–H and O–H groups in total. The fourth-order valence-electron chi connectivity index (χ4n) is 1.46. The zero-order chi connectivity index (χ0) is 14.5. The first-order chi connectivity index (χ1) is 9.56. The molecular formula is C13H12BrFN2O2S. The summed E-state index contributed by atoms with van der Waals surface area (Å²) in [5.41, 5.74) is 0. The third-order valence-electron chi connectivity index (χ3n) is 2.46.